The normalized spacial score (nSPS) is 15.6. The quantitative estimate of drug-likeness (QED) is 0.694. The molecule has 0 saturated carbocycles. The third-order valence-corrected chi connectivity index (χ3v) is 4.62. The molecule has 1 unspecified atom stereocenters. The Morgan fingerprint density at radius 3 is 2.85 bits per heavy atom. The molecule has 6 heteroatoms. The number of hydrogen-bond donors (Lipinski definition) is 1. The van der Waals surface area contributed by atoms with Gasteiger partial charge in [-0.05, 0) is 42.3 Å². The highest BCUT2D eigenvalue weighted by Gasteiger charge is 2.36. The lowest BCUT2D eigenvalue weighted by Crippen LogP contribution is -2.22. The summed E-state index contributed by atoms with van der Waals surface area (Å²) < 4.78 is 24.9. The maximum Gasteiger partial charge on any atom is 0.288 e. The van der Waals surface area contributed by atoms with Crippen LogP contribution in [0.1, 0.15) is 47.5 Å². The van der Waals surface area contributed by atoms with E-state index in [4.69, 9.17) is 9.15 Å². The molecule has 2 heterocycles. The second-order valence-corrected chi connectivity index (χ2v) is 6.50. The number of hydrogen-bond acceptors (Lipinski definition) is 4. The summed E-state index contributed by atoms with van der Waals surface area (Å²) in [5, 5.41) is 2.89. The summed E-state index contributed by atoms with van der Waals surface area (Å²) in [6.07, 6.45) is 1.96. The molecule has 138 valence electrons. The van der Waals surface area contributed by atoms with Crippen molar-refractivity contribution in [1.29, 1.82) is 0 Å². The van der Waals surface area contributed by atoms with Gasteiger partial charge in [-0.1, -0.05) is 25.5 Å². The average molecular weight is 367 g/mol. The molecule has 0 fully saturated rings. The van der Waals surface area contributed by atoms with E-state index in [1.165, 1.54) is 12.1 Å². The first-order valence-corrected chi connectivity index (χ1v) is 8.88. The van der Waals surface area contributed by atoms with Gasteiger partial charge in [-0.25, -0.2) is 4.39 Å². The highest BCUT2D eigenvalue weighted by atomic mass is 19.1. The first kappa shape index (κ1) is 17.3. The number of unbranched alkanes of at least 4 members (excludes halogenated alkanes) is 1. The van der Waals surface area contributed by atoms with Crippen molar-refractivity contribution in [3.05, 3.63) is 75.4 Å². The zero-order valence-electron chi connectivity index (χ0n) is 14.8. The number of amides is 1. The van der Waals surface area contributed by atoms with Gasteiger partial charge in [-0.15, -0.1) is 0 Å². The van der Waals surface area contributed by atoms with Gasteiger partial charge < -0.3 is 14.5 Å². The monoisotopic (exact) mass is 367 g/mol. The van der Waals surface area contributed by atoms with Gasteiger partial charge in [0.1, 0.15) is 17.1 Å². The van der Waals surface area contributed by atoms with E-state index in [9.17, 15) is 14.0 Å². The number of fused-ring (bicyclic) bond motifs is 2. The Kier molecular flexibility index (Phi) is 4.39. The lowest BCUT2D eigenvalue weighted by molar-refractivity contribution is 0.0938. The zero-order valence-corrected chi connectivity index (χ0v) is 14.8. The van der Waals surface area contributed by atoms with Crippen LogP contribution in [0.3, 0.4) is 0 Å². The smallest absolute Gasteiger partial charge is 0.288 e. The topological polar surface area (TPSA) is 68.5 Å². The Labute approximate surface area is 154 Å². The molecule has 1 N–H and O–H groups in total. The number of halogens is 1. The molecular weight excluding hydrogens is 349 g/mol. The van der Waals surface area contributed by atoms with Crippen LogP contribution in [0.25, 0.3) is 11.0 Å². The fourth-order valence-electron chi connectivity index (χ4n) is 3.25. The van der Waals surface area contributed by atoms with Gasteiger partial charge in [0, 0.05) is 0 Å². The highest BCUT2D eigenvalue weighted by Crippen LogP contribution is 2.32. The molecule has 1 aliphatic heterocycles. The van der Waals surface area contributed by atoms with Gasteiger partial charge in [0.05, 0.1) is 23.6 Å². The Hall–Kier alpha value is -3.15. The van der Waals surface area contributed by atoms with Crippen LogP contribution in [0.4, 0.5) is 4.39 Å². The fraction of sp³-hybridized carbons (Fsp3) is 0.238. The molecule has 1 amide bonds. The van der Waals surface area contributed by atoms with E-state index < -0.39 is 23.2 Å². The number of rotatable bonds is 5. The molecule has 1 aromatic heterocycles. The number of carbonyl (C=O) groups is 1. The van der Waals surface area contributed by atoms with Crippen molar-refractivity contribution in [2.45, 2.75) is 25.8 Å². The standard InChI is InChI=1S/C21H18FNO4/c1-2-3-9-26-14-6-4-5-12(10-14)18-17-19(24)15-11-13(22)7-8-16(15)27-20(17)21(25)23-18/h4-8,10-11,18H,2-3,9H2,1H3,(H,23,25). The lowest BCUT2D eigenvalue weighted by atomic mass is 9.99. The summed E-state index contributed by atoms with van der Waals surface area (Å²) in [6, 6.07) is 10.3. The number of carbonyl (C=O) groups excluding carboxylic acids is 1. The minimum Gasteiger partial charge on any atom is -0.494 e. The van der Waals surface area contributed by atoms with Gasteiger partial charge in [-0.3, -0.25) is 9.59 Å². The predicted octanol–water partition coefficient (Wildman–Crippen LogP) is 3.94. The van der Waals surface area contributed by atoms with E-state index in [0.717, 1.165) is 18.9 Å². The lowest BCUT2D eigenvalue weighted by Gasteiger charge is -2.13. The molecule has 1 atom stereocenters. The molecule has 0 saturated heterocycles. The van der Waals surface area contributed by atoms with E-state index in [1.807, 2.05) is 18.2 Å². The zero-order chi connectivity index (χ0) is 19.0. The molecule has 27 heavy (non-hydrogen) atoms. The van der Waals surface area contributed by atoms with Crippen molar-refractivity contribution in [3.63, 3.8) is 0 Å². The van der Waals surface area contributed by atoms with Crippen molar-refractivity contribution >= 4 is 16.9 Å². The van der Waals surface area contributed by atoms with E-state index in [1.54, 1.807) is 6.07 Å². The molecule has 0 bridgehead atoms. The van der Waals surface area contributed by atoms with Crippen LogP contribution in [0.2, 0.25) is 0 Å². The predicted molar refractivity (Wildman–Crippen MR) is 98.6 cm³/mol. The minimum atomic E-state index is -0.661. The van der Waals surface area contributed by atoms with Crippen LogP contribution in [-0.4, -0.2) is 12.5 Å². The number of nitrogens with one attached hydrogen (secondary N) is 1. The molecule has 2 aromatic carbocycles. The van der Waals surface area contributed by atoms with Gasteiger partial charge in [0.2, 0.25) is 5.76 Å². The minimum absolute atomic E-state index is 0.0265. The number of benzene rings is 2. The van der Waals surface area contributed by atoms with Gasteiger partial charge in [-0.2, -0.15) is 0 Å². The van der Waals surface area contributed by atoms with Crippen LogP contribution in [0, 0.1) is 5.82 Å². The maximum atomic E-state index is 13.6. The molecule has 3 aromatic rings. The van der Waals surface area contributed by atoms with Crippen molar-refractivity contribution < 1.29 is 18.3 Å². The summed E-state index contributed by atoms with van der Waals surface area (Å²) >= 11 is 0. The Bertz CT molecular complexity index is 1090. The molecule has 0 radical (unpaired) electrons. The summed E-state index contributed by atoms with van der Waals surface area (Å²) in [5.41, 5.74) is 0.682. The largest absolute Gasteiger partial charge is 0.494 e. The van der Waals surface area contributed by atoms with Crippen LogP contribution < -0.4 is 15.5 Å². The van der Waals surface area contributed by atoms with E-state index in [0.29, 0.717) is 17.9 Å². The third kappa shape index (κ3) is 3.07. The number of ether oxygens (including phenoxy) is 1. The summed E-state index contributed by atoms with van der Waals surface area (Å²) in [7, 11) is 0. The van der Waals surface area contributed by atoms with Crippen LogP contribution in [-0.2, 0) is 0 Å². The van der Waals surface area contributed by atoms with Crippen molar-refractivity contribution in [1.82, 2.24) is 5.32 Å². The van der Waals surface area contributed by atoms with Crippen LogP contribution in [0.5, 0.6) is 5.75 Å². The van der Waals surface area contributed by atoms with Crippen molar-refractivity contribution in [3.8, 4) is 5.75 Å². The first-order chi connectivity index (χ1) is 13.1. The van der Waals surface area contributed by atoms with Crippen LogP contribution >= 0.6 is 0 Å². The van der Waals surface area contributed by atoms with Gasteiger partial charge in [0.15, 0.2) is 5.43 Å². The summed E-state index contributed by atoms with van der Waals surface area (Å²) in [4.78, 5) is 25.3. The Balaban J connectivity index is 1.79. The molecule has 4 rings (SSSR count). The van der Waals surface area contributed by atoms with E-state index in [2.05, 4.69) is 12.2 Å². The molecule has 5 nitrogen and oxygen atoms in total. The van der Waals surface area contributed by atoms with Crippen molar-refractivity contribution in [2.24, 2.45) is 0 Å². The third-order valence-electron chi connectivity index (χ3n) is 4.62. The maximum absolute atomic E-state index is 13.6. The second-order valence-electron chi connectivity index (χ2n) is 6.50. The molecule has 0 aliphatic carbocycles. The first-order valence-electron chi connectivity index (χ1n) is 8.88. The molecule has 0 spiro atoms. The average Bonchev–Trinajstić information content (AvgIpc) is 3.00. The fourth-order valence-corrected chi connectivity index (χ4v) is 3.25. The summed E-state index contributed by atoms with van der Waals surface area (Å²) in [6.45, 7) is 2.68. The SMILES string of the molecule is CCCCOc1cccc(C2NC(=O)c3oc4ccc(F)cc4c(=O)c32)c1. The summed E-state index contributed by atoms with van der Waals surface area (Å²) in [5.74, 6) is -0.355. The molecule has 1 aliphatic rings. The van der Waals surface area contributed by atoms with Crippen molar-refractivity contribution in [2.75, 3.05) is 6.61 Å². The highest BCUT2D eigenvalue weighted by molar-refractivity contribution is 5.98. The molecular formula is C21H18FNO4. The second kappa shape index (κ2) is 6.87. The van der Waals surface area contributed by atoms with E-state index in [-0.39, 0.29) is 22.3 Å². The van der Waals surface area contributed by atoms with E-state index >= 15 is 0 Å². The Morgan fingerprint density at radius 2 is 2.04 bits per heavy atom. The van der Waals surface area contributed by atoms with Gasteiger partial charge in [0.25, 0.3) is 5.91 Å². The van der Waals surface area contributed by atoms with Crippen LogP contribution in [0.15, 0.2) is 51.7 Å². The van der Waals surface area contributed by atoms with Gasteiger partial charge >= 0.3 is 0 Å². The Morgan fingerprint density at radius 1 is 1.19 bits per heavy atom.